The Morgan fingerprint density at radius 1 is 1.18 bits per heavy atom. The average Bonchev–Trinajstić information content (AvgIpc) is 3.23. The van der Waals surface area contributed by atoms with Gasteiger partial charge in [-0.1, -0.05) is 6.07 Å². The highest BCUT2D eigenvalue weighted by atomic mass is 16.5. The van der Waals surface area contributed by atoms with Crippen LogP contribution in [0.1, 0.15) is 34.9 Å². The highest BCUT2D eigenvalue weighted by Crippen LogP contribution is 2.36. The van der Waals surface area contributed by atoms with Crippen molar-refractivity contribution in [1.29, 1.82) is 0 Å². The zero-order chi connectivity index (χ0) is 15.5. The third-order valence-corrected chi connectivity index (χ3v) is 4.14. The number of rotatable bonds is 4. The van der Waals surface area contributed by atoms with Gasteiger partial charge in [-0.2, -0.15) is 0 Å². The number of aromatic nitrogens is 1. The number of nitrogens with one attached hydrogen (secondary N) is 1. The first-order valence-electron chi connectivity index (χ1n) is 7.41. The van der Waals surface area contributed by atoms with Crippen molar-refractivity contribution in [3.63, 3.8) is 0 Å². The fourth-order valence-corrected chi connectivity index (χ4v) is 3.09. The summed E-state index contributed by atoms with van der Waals surface area (Å²) in [6.45, 7) is 0.740. The average molecular weight is 300 g/mol. The van der Waals surface area contributed by atoms with Gasteiger partial charge in [0.15, 0.2) is 0 Å². The molecule has 1 fully saturated rings. The number of carbonyl (C=O) groups excluding carboxylic acids is 1. The minimum absolute atomic E-state index is 0.0496. The Hall–Kier alpha value is -2.43. The SMILES string of the molecule is COc1cccc(OC)c1C(=O)N1CCCC1c1ccc[nH]1. The number of nitrogens with zero attached hydrogens (tertiary/aromatic N) is 1. The largest absolute Gasteiger partial charge is 0.496 e. The number of benzene rings is 1. The van der Waals surface area contributed by atoms with E-state index in [1.165, 1.54) is 0 Å². The maximum Gasteiger partial charge on any atom is 0.261 e. The number of likely N-dealkylation sites (tertiary alicyclic amines) is 1. The van der Waals surface area contributed by atoms with Gasteiger partial charge in [0.05, 0.1) is 20.3 Å². The second-order valence-corrected chi connectivity index (χ2v) is 5.32. The smallest absolute Gasteiger partial charge is 0.261 e. The third kappa shape index (κ3) is 2.43. The van der Waals surface area contributed by atoms with E-state index in [0.29, 0.717) is 17.1 Å². The van der Waals surface area contributed by atoms with Crippen LogP contribution >= 0.6 is 0 Å². The standard InChI is InChI=1S/C17H20N2O3/c1-21-14-8-3-9-15(22-2)16(14)17(20)19-11-5-7-13(19)12-6-4-10-18-12/h3-4,6,8-10,13,18H,5,7,11H2,1-2H3. The quantitative estimate of drug-likeness (QED) is 0.944. The molecule has 0 spiro atoms. The first-order chi connectivity index (χ1) is 10.8. The summed E-state index contributed by atoms with van der Waals surface area (Å²) in [6, 6.07) is 9.46. The highest BCUT2D eigenvalue weighted by Gasteiger charge is 2.33. The van der Waals surface area contributed by atoms with Crippen molar-refractivity contribution >= 4 is 5.91 Å². The van der Waals surface area contributed by atoms with Crippen molar-refractivity contribution in [2.75, 3.05) is 20.8 Å². The molecule has 22 heavy (non-hydrogen) atoms. The molecule has 1 atom stereocenters. The molecular weight excluding hydrogens is 280 g/mol. The van der Waals surface area contributed by atoms with Crippen molar-refractivity contribution < 1.29 is 14.3 Å². The van der Waals surface area contributed by atoms with Gasteiger partial charge < -0.3 is 19.4 Å². The highest BCUT2D eigenvalue weighted by molar-refractivity contribution is 6.00. The second-order valence-electron chi connectivity index (χ2n) is 5.32. The number of H-pyrrole nitrogens is 1. The van der Waals surface area contributed by atoms with E-state index >= 15 is 0 Å². The van der Waals surface area contributed by atoms with Gasteiger partial charge in [0.25, 0.3) is 5.91 Å². The van der Waals surface area contributed by atoms with E-state index < -0.39 is 0 Å². The molecule has 0 aliphatic carbocycles. The predicted molar refractivity (Wildman–Crippen MR) is 83.4 cm³/mol. The van der Waals surface area contributed by atoms with Crippen LogP contribution in [0.5, 0.6) is 11.5 Å². The van der Waals surface area contributed by atoms with Gasteiger partial charge in [-0.15, -0.1) is 0 Å². The van der Waals surface area contributed by atoms with Crippen LogP contribution in [0.2, 0.25) is 0 Å². The van der Waals surface area contributed by atoms with Crippen LogP contribution in [0.25, 0.3) is 0 Å². The maximum atomic E-state index is 13.1. The minimum atomic E-state index is -0.0496. The van der Waals surface area contributed by atoms with E-state index in [4.69, 9.17) is 9.47 Å². The maximum absolute atomic E-state index is 13.1. The van der Waals surface area contributed by atoms with Gasteiger partial charge in [-0.05, 0) is 37.1 Å². The Balaban J connectivity index is 1.97. The van der Waals surface area contributed by atoms with Gasteiger partial charge in [-0.3, -0.25) is 4.79 Å². The zero-order valence-electron chi connectivity index (χ0n) is 12.8. The van der Waals surface area contributed by atoms with Gasteiger partial charge in [0.1, 0.15) is 17.1 Å². The molecule has 0 saturated carbocycles. The summed E-state index contributed by atoms with van der Waals surface area (Å²) in [5, 5.41) is 0. The summed E-state index contributed by atoms with van der Waals surface area (Å²) < 4.78 is 10.7. The Kier molecular flexibility index (Phi) is 4.04. The zero-order valence-corrected chi connectivity index (χ0v) is 12.8. The third-order valence-electron chi connectivity index (χ3n) is 4.14. The lowest BCUT2D eigenvalue weighted by molar-refractivity contribution is 0.0726. The molecule has 2 heterocycles. The van der Waals surface area contributed by atoms with Crippen LogP contribution in [0.15, 0.2) is 36.5 Å². The number of aromatic amines is 1. The van der Waals surface area contributed by atoms with E-state index in [2.05, 4.69) is 4.98 Å². The molecule has 1 unspecified atom stereocenters. The van der Waals surface area contributed by atoms with Crippen molar-refractivity contribution in [3.8, 4) is 11.5 Å². The number of hydrogen-bond acceptors (Lipinski definition) is 3. The minimum Gasteiger partial charge on any atom is -0.496 e. The summed E-state index contributed by atoms with van der Waals surface area (Å²) in [5.41, 5.74) is 1.56. The molecule has 1 aliphatic rings. The molecular formula is C17H20N2O3. The second kappa shape index (κ2) is 6.13. The predicted octanol–water partition coefficient (Wildman–Crippen LogP) is 3.01. The Morgan fingerprint density at radius 3 is 2.50 bits per heavy atom. The van der Waals surface area contributed by atoms with Crippen LogP contribution in [-0.4, -0.2) is 36.6 Å². The fourth-order valence-electron chi connectivity index (χ4n) is 3.09. The summed E-state index contributed by atoms with van der Waals surface area (Å²) in [4.78, 5) is 18.2. The van der Waals surface area contributed by atoms with Crippen molar-refractivity contribution in [2.24, 2.45) is 0 Å². The molecule has 0 radical (unpaired) electrons. The Labute approximate surface area is 129 Å². The number of carbonyl (C=O) groups is 1. The molecule has 1 aliphatic heterocycles. The first kappa shape index (κ1) is 14.5. The molecule has 1 aromatic carbocycles. The van der Waals surface area contributed by atoms with Crippen LogP contribution in [0.3, 0.4) is 0 Å². The monoisotopic (exact) mass is 300 g/mol. The molecule has 1 N–H and O–H groups in total. The summed E-state index contributed by atoms with van der Waals surface area (Å²) >= 11 is 0. The molecule has 0 bridgehead atoms. The molecule has 5 nitrogen and oxygen atoms in total. The number of hydrogen-bond donors (Lipinski definition) is 1. The molecule has 1 amide bonds. The van der Waals surface area contributed by atoms with Gasteiger partial charge in [0, 0.05) is 18.4 Å². The molecule has 116 valence electrons. The van der Waals surface area contributed by atoms with E-state index in [1.54, 1.807) is 26.4 Å². The van der Waals surface area contributed by atoms with Crippen LogP contribution in [0, 0.1) is 0 Å². The Morgan fingerprint density at radius 2 is 1.91 bits per heavy atom. The number of methoxy groups -OCH3 is 2. The summed E-state index contributed by atoms with van der Waals surface area (Å²) in [7, 11) is 3.13. The summed E-state index contributed by atoms with van der Waals surface area (Å²) in [6.07, 6.45) is 3.84. The molecule has 1 aromatic heterocycles. The van der Waals surface area contributed by atoms with Crippen LogP contribution in [0.4, 0.5) is 0 Å². The van der Waals surface area contributed by atoms with E-state index in [9.17, 15) is 4.79 Å². The van der Waals surface area contributed by atoms with Gasteiger partial charge in [0.2, 0.25) is 0 Å². The molecule has 2 aromatic rings. The van der Waals surface area contributed by atoms with Crippen LogP contribution < -0.4 is 9.47 Å². The van der Waals surface area contributed by atoms with Gasteiger partial charge in [-0.25, -0.2) is 0 Å². The molecule has 3 rings (SSSR count). The van der Waals surface area contributed by atoms with E-state index in [0.717, 1.165) is 25.1 Å². The topological polar surface area (TPSA) is 54.6 Å². The normalized spacial score (nSPS) is 17.5. The van der Waals surface area contributed by atoms with Crippen molar-refractivity contribution in [2.45, 2.75) is 18.9 Å². The number of amides is 1. The van der Waals surface area contributed by atoms with Crippen molar-refractivity contribution in [3.05, 3.63) is 47.8 Å². The summed E-state index contributed by atoms with van der Waals surface area (Å²) in [5.74, 6) is 1.04. The number of ether oxygens (including phenoxy) is 2. The lowest BCUT2D eigenvalue weighted by atomic mass is 10.1. The van der Waals surface area contributed by atoms with Crippen molar-refractivity contribution in [1.82, 2.24) is 9.88 Å². The molecule has 5 heteroatoms. The fraction of sp³-hybridized carbons (Fsp3) is 0.353. The lowest BCUT2D eigenvalue weighted by Crippen LogP contribution is -2.31. The lowest BCUT2D eigenvalue weighted by Gasteiger charge is -2.25. The van der Waals surface area contributed by atoms with Gasteiger partial charge >= 0.3 is 0 Å². The Bertz CT molecular complexity index is 630. The first-order valence-corrected chi connectivity index (χ1v) is 7.41. The molecule has 1 saturated heterocycles. The van der Waals surface area contributed by atoms with E-state index in [1.807, 2.05) is 29.3 Å². The van der Waals surface area contributed by atoms with Crippen LogP contribution in [-0.2, 0) is 0 Å². The van der Waals surface area contributed by atoms with E-state index in [-0.39, 0.29) is 11.9 Å².